The molecule has 1 aromatic heterocycles. The SMILES string of the molecule is CC(C)(C)OC(=O)c1ccc(CCCN2C(=O)CCC2C=O)s1. The number of carbonyl (C=O) groups excluding carboxylic acids is 3. The summed E-state index contributed by atoms with van der Waals surface area (Å²) in [5.74, 6) is -0.243. The first-order valence-corrected chi connectivity index (χ1v) is 8.68. The molecule has 0 spiro atoms. The van der Waals surface area contributed by atoms with Crippen LogP contribution >= 0.6 is 11.3 Å². The first kappa shape index (κ1) is 17.7. The van der Waals surface area contributed by atoms with Gasteiger partial charge in [0, 0.05) is 17.8 Å². The lowest BCUT2D eigenvalue weighted by atomic mass is 10.2. The molecule has 1 aliphatic rings. The molecule has 0 saturated carbocycles. The highest BCUT2D eigenvalue weighted by molar-refractivity contribution is 7.13. The second-order valence-corrected chi connectivity index (χ2v) is 7.87. The van der Waals surface area contributed by atoms with Crippen molar-refractivity contribution in [2.45, 2.75) is 58.1 Å². The first-order chi connectivity index (χ1) is 10.8. The zero-order chi connectivity index (χ0) is 17.0. The number of thiophene rings is 1. The minimum absolute atomic E-state index is 0.0581. The third-order valence-electron chi connectivity index (χ3n) is 3.62. The van der Waals surface area contributed by atoms with Crippen molar-refractivity contribution in [3.05, 3.63) is 21.9 Å². The van der Waals surface area contributed by atoms with Gasteiger partial charge in [-0.15, -0.1) is 11.3 Å². The summed E-state index contributed by atoms with van der Waals surface area (Å²) >= 11 is 1.42. The van der Waals surface area contributed by atoms with Crippen LogP contribution in [-0.4, -0.2) is 41.3 Å². The number of ether oxygens (including phenoxy) is 1. The van der Waals surface area contributed by atoms with E-state index in [2.05, 4.69) is 0 Å². The van der Waals surface area contributed by atoms with Crippen molar-refractivity contribution in [3.63, 3.8) is 0 Å². The van der Waals surface area contributed by atoms with E-state index in [0.717, 1.165) is 24.0 Å². The molecule has 0 radical (unpaired) electrons. The van der Waals surface area contributed by atoms with E-state index in [0.29, 0.717) is 24.3 Å². The molecule has 1 aliphatic heterocycles. The van der Waals surface area contributed by atoms with Gasteiger partial charge in [0.15, 0.2) is 0 Å². The lowest BCUT2D eigenvalue weighted by molar-refractivity contribution is -0.131. The van der Waals surface area contributed by atoms with Crippen LogP contribution in [0.15, 0.2) is 12.1 Å². The lowest BCUT2D eigenvalue weighted by Gasteiger charge is -2.20. The number of hydrogen-bond donors (Lipinski definition) is 0. The summed E-state index contributed by atoms with van der Waals surface area (Å²) in [5.41, 5.74) is -0.499. The number of aldehydes is 1. The third kappa shape index (κ3) is 4.89. The molecule has 2 rings (SSSR count). The topological polar surface area (TPSA) is 63.7 Å². The number of nitrogens with zero attached hydrogens (tertiary/aromatic N) is 1. The molecule has 2 heterocycles. The van der Waals surface area contributed by atoms with Crippen LogP contribution in [-0.2, 0) is 20.7 Å². The van der Waals surface area contributed by atoms with Gasteiger partial charge in [0.05, 0.1) is 6.04 Å². The van der Waals surface area contributed by atoms with Crippen LogP contribution in [0.5, 0.6) is 0 Å². The zero-order valence-electron chi connectivity index (χ0n) is 13.8. The quantitative estimate of drug-likeness (QED) is 0.591. The van der Waals surface area contributed by atoms with Gasteiger partial charge in [-0.3, -0.25) is 4.79 Å². The van der Waals surface area contributed by atoms with Crippen LogP contribution in [0.3, 0.4) is 0 Å². The molecule has 0 N–H and O–H groups in total. The van der Waals surface area contributed by atoms with Crippen molar-refractivity contribution in [1.82, 2.24) is 4.90 Å². The maximum absolute atomic E-state index is 12.0. The molecule has 6 heteroatoms. The second-order valence-electron chi connectivity index (χ2n) is 6.70. The highest BCUT2D eigenvalue weighted by atomic mass is 32.1. The highest BCUT2D eigenvalue weighted by Crippen LogP contribution is 2.22. The standard InChI is InChI=1S/C17H23NO4S/c1-17(2,3)22-16(21)14-8-7-13(23-14)5-4-10-18-12(11-19)6-9-15(18)20/h7-8,11-12H,4-6,9-10H2,1-3H3. The van der Waals surface area contributed by atoms with E-state index in [4.69, 9.17) is 4.74 Å². The van der Waals surface area contributed by atoms with Gasteiger partial charge in [-0.2, -0.15) is 0 Å². The fourth-order valence-electron chi connectivity index (χ4n) is 2.56. The smallest absolute Gasteiger partial charge is 0.348 e. The molecular formula is C17H23NO4S. The van der Waals surface area contributed by atoms with E-state index in [-0.39, 0.29) is 17.9 Å². The molecule has 1 aromatic rings. The summed E-state index contributed by atoms with van der Waals surface area (Å²) in [4.78, 5) is 38.0. The normalized spacial score (nSPS) is 18.3. The van der Waals surface area contributed by atoms with Gasteiger partial charge in [-0.1, -0.05) is 0 Å². The number of aryl methyl sites for hydroxylation is 1. The minimum atomic E-state index is -0.499. The molecule has 0 aromatic carbocycles. The monoisotopic (exact) mass is 337 g/mol. The Morgan fingerprint density at radius 2 is 2.17 bits per heavy atom. The first-order valence-electron chi connectivity index (χ1n) is 7.87. The molecule has 0 bridgehead atoms. The Morgan fingerprint density at radius 3 is 2.83 bits per heavy atom. The zero-order valence-corrected chi connectivity index (χ0v) is 14.6. The molecule has 126 valence electrons. The predicted octanol–water partition coefficient (Wildman–Crippen LogP) is 2.83. The fourth-order valence-corrected chi connectivity index (χ4v) is 3.49. The van der Waals surface area contributed by atoms with E-state index in [9.17, 15) is 14.4 Å². The summed E-state index contributed by atoms with van der Waals surface area (Å²) in [6.45, 7) is 6.11. The molecule has 1 unspecified atom stereocenters. The number of rotatable bonds is 6. The van der Waals surface area contributed by atoms with Crippen molar-refractivity contribution in [2.24, 2.45) is 0 Å². The Balaban J connectivity index is 1.84. The van der Waals surface area contributed by atoms with Gasteiger partial charge < -0.3 is 14.4 Å². The van der Waals surface area contributed by atoms with Crippen molar-refractivity contribution in [3.8, 4) is 0 Å². The van der Waals surface area contributed by atoms with Crippen LogP contribution in [0, 0.1) is 0 Å². The maximum atomic E-state index is 12.0. The van der Waals surface area contributed by atoms with Crippen molar-refractivity contribution < 1.29 is 19.1 Å². The summed E-state index contributed by atoms with van der Waals surface area (Å²) in [5, 5.41) is 0. The van der Waals surface area contributed by atoms with Gasteiger partial charge in [-0.25, -0.2) is 4.79 Å². The van der Waals surface area contributed by atoms with Gasteiger partial charge in [0.25, 0.3) is 0 Å². The summed E-state index contributed by atoms with van der Waals surface area (Å²) in [6.07, 6.45) is 3.51. The number of carbonyl (C=O) groups is 3. The van der Waals surface area contributed by atoms with Crippen molar-refractivity contribution >= 4 is 29.5 Å². The highest BCUT2D eigenvalue weighted by Gasteiger charge is 2.29. The van der Waals surface area contributed by atoms with Gasteiger partial charge in [0.2, 0.25) is 5.91 Å². The van der Waals surface area contributed by atoms with E-state index >= 15 is 0 Å². The van der Waals surface area contributed by atoms with Crippen molar-refractivity contribution in [1.29, 1.82) is 0 Å². The molecule has 1 fully saturated rings. The van der Waals surface area contributed by atoms with Gasteiger partial charge in [-0.05, 0) is 52.2 Å². The predicted molar refractivity (Wildman–Crippen MR) is 88.6 cm³/mol. The Hall–Kier alpha value is -1.69. The van der Waals surface area contributed by atoms with E-state index < -0.39 is 5.60 Å². The maximum Gasteiger partial charge on any atom is 0.348 e. The van der Waals surface area contributed by atoms with E-state index in [1.807, 2.05) is 26.8 Å². The van der Waals surface area contributed by atoms with Crippen LogP contribution in [0.2, 0.25) is 0 Å². The number of hydrogen-bond acceptors (Lipinski definition) is 5. The molecule has 1 atom stereocenters. The Bertz CT molecular complexity index is 588. The molecule has 1 saturated heterocycles. The van der Waals surface area contributed by atoms with Crippen LogP contribution in [0.25, 0.3) is 0 Å². The lowest BCUT2D eigenvalue weighted by Crippen LogP contribution is -2.34. The molecule has 5 nitrogen and oxygen atoms in total. The molecular weight excluding hydrogens is 314 g/mol. The third-order valence-corrected chi connectivity index (χ3v) is 4.74. The average molecular weight is 337 g/mol. The van der Waals surface area contributed by atoms with Crippen LogP contribution in [0.1, 0.15) is 54.6 Å². The molecule has 1 amide bonds. The second kappa shape index (κ2) is 7.25. The average Bonchev–Trinajstić information content (AvgIpc) is 3.05. The Labute approximate surface area is 140 Å². The van der Waals surface area contributed by atoms with Crippen LogP contribution < -0.4 is 0 Å². The summed E-state index contributed by atoms with van der Waals surface area (Å²) in [6, 6.07) is 3.44. The number of amides is 1. The summed E-state index contributed by atoms with van der Waals surface area (Å²) < 4.78 is 5.35. The van der Waals surface area contributed by atoms with Gasteiger partial charge >= 0.3 is 5.97 Å². The fraction of sp³-hybridized carbons (Fsp3) is 0.588. The largest absolute Gasteiger partial charge is 0.456 e. The van der Waals surface area contributed by atoms with Crippen molar-refractivity contribution in [2.75, 3.05) is 6.54 Å². The van der Waals surface area contributed by atoms with Gasteiger partial charge in [0.1, 0.15) is 16.8 Å². The van der Waals surface area contributed by atoms with Crippen LogP contribution in [0.4, 0.5) is 0 Å². The minimum Gasteiger partial charge on any atom is -0.456 e. The number of likely N-dealkylation sites (tertiary alicyclic amines) is 1. The Morgan fingerprint density at radius 1 is 1.43 bits per heavy atom. The van der Waals surface area contributed by atoms with E-state index in [1.165, 1.54) is 11.3 Å². The number of esters is 1. The van der Waals surface area contributed by atoms with E-state index in [1.54, 1.807) is 11.0 Å². The summed E-state index contributed by atoms with van der Waals surface area (Å²) in [7, 11) is 0. The Kier molecular flexibility index (Phi) is 5.57. The molecule has 0 aliphatic carbocycles. The molecule has 23 heavy (non-hydrogen) atoms.